The van der Waals surface area contributed by atoms with E-state index in [9.17, 15) is 28.3 Å². The van der Waals surface area contributed by atoms with Crippen LogP contribution in [0.5, 0.6) is 0 Å². The fourth-order valence-electron chi connectivity index (χ4n) is 3.96. The van der Waals surface area contributed by atoms with Crippen molar-refractivity contribution in [2.75, 3.05) is 0 Å². The first kappa shape index (κ1) is 31.3. The number of halogens is 4. The Morgan fingerprint density at radius 2 is 1.12 bits per heavy atom. The minimum absolute atomic E-state index is 0.120. The van der Waals surface area contributed by atoms with Gasteiger partial charge < -0.3 is 14.2 Å². The second kappa shape index (κ2) is 13.4. The van der Waals surface area contributed by atoms with Crippen molar-refractivity contribution in [3.8, 4) is 0 Å². The molecule has 0 amide bonds. The molecule has 4 rings (SSSR count). The first-order valence-corrected chi connectivity index (χ1v) is 13.9. The van der Waals surface area contributed by atoms with Crippen molar-refractivity contribution in [3.63, 3.8) is 0 Å². The molecule has 210 valence electrons. The van der Waals surface area contributed by atoms with Crippen molar-refractivity contribution in [1.29, 1.82) is 0 Å². The molecule has 2 aromatic carbocycles. The number of aromatic nitrogens is 2. The summed E-state index contributed by atoms with van der Waals surface area (Å²) in [5.41, 5.74) is 2.29. The van der Waals surface area contributed by atoms with Crippen molar-refractivity contribution in [2.24, 2.45) is 0 Å². The summed E-state index contributed by atoms with van der Waals surface area (Å²) in [6, 6.07) is 14.6. The van der Waals surface area contributed by atoms with E-state index in [1.54, 1.807) is 43.5 Å². The van der Waals surface area contributed by atoms with E-state index in [4.69, 9.17) is 0 Å². The number of aliphatic hydroxyl groups is 1. The van der Waals surface area contributed by atoms with Crippen LogP contribution in [-0.4, -0.2) is 20.0 Å². The number of hydrogen-bond acceptors (Lipinski definition) is 4. The highest BCUT2D eigenvalue weighted by Crippen LogP contribution is 2.22. The zero-order valence-electron chi connectivity index (χ0n) is 22.2. The van der Waals surface area contributed by atoms with Crippen LogP contribution in [0.4, 0.5) is 8.78 Å². The molecule has 0 saturated carbocycles. The van der Waals surface area contributed by atoms with E-state index < -0.39 is 6.10 Å². The summed E-state index contributed by atoms with van der Waals surface area (Å²) in [5, 5.41) is 9.67. The molecule has 1 unspecified atom stereocenters. The second-order valence-corrected chi connectivity index (χ2v) is 11.0. The van der Waals surface area contributed by atoms with Crippen molar-refractivity contribution in [3.05, 3.63) is 137 Å². The Morgan fingerprint density at radius 1 is 0.725 bits per heavy atom. The van der Waals surface area contributed by atoms with E-state index in [1.165, 1.54) is 52.6 Å². The predicted octanol–water partition coefficient (Wildman–Crippen LogP) is 6.97. The van der Waals surface area contributed by atoms with Crippen molar-refractivity contribution < 1.29 is 18.7 Å². The average molecular weight is 678 g/mol. The topological polar surface area (TPSA) is 81.3 Å². The number of carbonyl (C=O) groups is 1. The average Bonchev–Trinajstić information content (AvgIpc) is 2.91. The molecule has 10 heteroatoms. The van der Waals surface area contributed by atoms with E-state index >= 15 is 0 Å². The van der Waals surface area contributed by atoms with E-state index in [0.29, 0.717) is 20.1 Å². The van der Waals surface area contributed by atoms with E-state index in [-0.39, 0.29) is 40.6 Å². The zero-order valence-corrected chi connectivity index (χ0v) is 25.4. The number of pyridine rings is 2. The quantitative estimate of drug-likeness (QED) is 0.224. The summed E-state index contributed by atoms with van der Waals surface area (Å²) in [5.74, 6) is -0.759. The van der Waals surface area contributed by atoms with Crippen LogP contribution in [0.3, 0.4) is 0 Å². The van der Waals surface area contributed by atoms with Crippen LogP contribution in [0.25, 0.3) is 0 Å². The highest BCUT2D eigenvalue weighted by molar-refractivity contribution is 9.10. The zero-order chi connectivity index (χ0) is 29.7. The number of aliphatic hydroxyl groups excluding tert-OH is 1. The maximum Gasteiger partial charge on any atom is 0.265 e. The van der Waals surface area contributed by atoms with Crippen LogP contribution in [0.1, 0.15) is 72.9 Å². The number of Topliss-reactive ketones (excluding diaryl/α,β-unsaturated/α-hetero) is 1. The Labute approximate surface area is 247 Å². The third kappa shape index (κ3) is 7.50. The molecule has 0 fully saturated rings. The van der Waals surface area contributed by atoms with Gasteiger partial charge in [0.15, 0.2) is 5.78 Å². The maximum atomic E-state index is 13.0. The van der Waals surface area contributed by atoms with Gasteiger partial charge in [-0.05, 0) is 113 Å². The van der Waals surface area contributed by atoms with Crippen LogP contribution in [0.15, 0.2) is 91.6 Å². The van der Waals surface area contributed by atoms with Gasteiger partial charge in [0.2, 0.25) is 0 Å². The second-order valence-electron chi connectivity index (χ2n) is 9.31. The number of hydrogen-bond donors (Lipinski definition) is 1. The lowest BCUT2D eigenvalue weighted by Gasteiger charge is -2.18. The molecule has 0 saturated heterocycles. The number of carbonyl (C=O) groups excluding carboxylic acids is 1. The van der Waals surface area contributed by atoms with E-state index in [0.717, 1.165) is 11.1 Å². The lowest BCUT2D eigenvalue weighted by Crippen LogP contribution is -2.25. The van der Waals surface area contributed by atoms with Gasteiger partial charge in [0, 0.05) is 18.0 Å². The van der Waals surface area contributed by atoms with Gasteiger partial charge in [0.05, 0.1) is 27.1 Å². The van der Waals surface area contributed by atoms with Crippen LogP contribution >= 0.6 is 31.9 Å². The monoisotopic (exact) mass is 676 g/mol. The lowest BCUT2D eigenvalue weighted by molar-refractivity contribution is 0.101. The van der Waals surface area contributed by atoms with Crippen LogP contribution in [-0.2, 0) is 0 Å². The molecule has 0 aliphatic rings. The van der Waals surface area contributed by atoms with Crippen LogP contribution in [0.2, 0.25) is 0 Å². The Hall–Kier alpha value is -3.21. The third-order valence-electron chi connectivity index (χ3n) is 6.45. The fraction of sp³-hybridized carbons (Fsp3) is 0.233. The highest BCUT2D eigenvalue weighted by atomic mass is 79.9. The summed E-state index contributed by atoms with van der Waals surface area (Å²) in [6.45, 7) is 6.76. The Kier molecular flexibility index (Phi) is 10.5. The number of nitrogens with zero attached hydrogens (tertiary/aromatic N) is 2. The van der Waals surface area contributed by atoms with E-state index in [1.807, 2.05) is 13.8 Å². The van der Waals surface area contributed by atoms with Gasteiger partial charge in [-0.15, -0.1) is 0 Å². The number of benzene rings is 2. The molecule has 0 bridgehead atoms. The van der Waals surface area contributed by atoms with Gasteiger partial charge in [0.1, 0.15) is 11.6 Å². The Morgan fingerprint density at radius 3 is 1.52 bits per heavy atom. The molecule has 2 heterocycles. The Balaban J connectivity index is 0.000000220. The van der Waals surface area contributed by atoms with Gasteiger partial charge in [0.25, 0.3) is 11.1 Å². The SMILES string of the molecule is CC(=O)c1cc(Br)c(=O)n([C@@H](C)c2ccc(F)cc2)c1.CC(O)c1cc(Br)c(=O)n([C@@H](C)c2ccc(F)cc2)c1. The minimum atomic E-state index is -0.668. The molecule has 6 nitrogen and oxygen atoms in total. The largest absolute Gasteiger partial charge is 0.389 e. The van der Waals surface area contributed by atoms with Gasteiger partial charge >= 0.3 is 0 Å². The molecule has 40 heavy (non-hydrogen) atoms. The molecule has 4 aromatic rings. The summed E-state index contributed by atoms with van der Waals surface area (Å²) in [7, 11) is 0. The molecule has 0 aliphatic heterocycles. The maximum absolute atomic E-state index is 13.0. The first-order chi connectivity index (χ1) is 18.8. The molecule has 0 aliphatic carbocycles. The number of ketones is 1. The van der Waals surface area contributed by atoms with Gasteiger partial charge in [-0.3, -0.25) is 14.4 Å². The summed E-state index contributed by atoms with van der Waals surface area (Å²) < 4.78 is 29.6. The van der Waals surface area contributed by atoms with Crippen LogP contribution < -0.4 is 11.1 Å². The molecule has 2 aromatic heterocycles. The van der Waals surface area contributed by atoms with Gasteiger partial charge in [-0.1, -0.05) is 24.3 Å². The van der Waals surface area contributed by atoms with Crippen LogP contribution in [0, 0.1) is 11.6 Å². The highest BCUT2D eigenvalue weighted by Gasteiger charge is 2.15. The van der Waals surface area contributed by atoms with Crippen molar-refractivity contribution in [2.45, 2.75) is 45.9 Å². The van der Waals surface area contributed by atoms with Gasteiger partial charge in [-0.25, -0.2) is 8.78 Å². The smallest absolute Gasteiger partial charge is 0.265 e. The van der Waals surface area contributed by atoms with Gasteiger partial charge in [-0.2, -0.15) is 0 Å². The third-order valence-corrected chi connectivity index (χ3v) is 7.58. The standard InChI is InChI=1S/C15H15BrFNO2.C15H13BrFNO2/c2*1-9(11-3-5-13(17)6-4-11)18-8-12(10(2)19)7-14(16)15(18)20/h3-10,19H,1-2H3;3-9H,1-2H3/t9-,10?;9-/m00/s1. The molecule has 0 radical (unpaired) electrons. The molecule has 0 spiro atoms. The molecule has 1 N–H and O–H groups in total. The molecular weight excluding hydrogens is 650 g/mol. The summed E-state index contributed by atoms with van der Waals surface area (Å²) >= 11 is 6.39. The normalized spacial score (nSPS) is 13.1. The van der Waals surface area contributed by atoms with Crippen molar-refractivity contribution in [1.82, 2.24) is 9.13 Å². The first-order valence-electron chi connectivity index (χ1n) is 12.3. The van der Waals surface area contributed by atoms with E-state index in [2.05, 4.69) is 31.9 Å². The van der Waals surface area contributed by atoms with Crippen molar-refractivity contribution >= 4 is 37.6 Å². The molecular formula is C30H28Br2F2N2O4. The Bertz CT molecular complexity index is 1620. The predicted molar refractivity (Wildman–Crippen MR) is 158 cm³/mol. The molecule has 3 atom stereocenters. The summed E-state index contributed by atoms with van der Waals surface area (Å²) in [4.78, 5) is 35.8. The lowest BCUT2D eigenvalue weighted by atomic mass is 10.1. The minimum Gasteiger partial charge on any atom is -0.389 e. The number of rotatable bonds is 6. The fourth-order valence-corrected chi connectivity index (χ4v) is 4.88. The summed E-state index contributed by atoms with van der Waals surface area (Å²) in [6.07, 6.45) is 2.49.